The third-order valence-electron chi connectivity index (χ3n) is 5.74. The first-order valence-electron chi connectivity index (χ1n) is 10.7. The van der Waals surface area contributed by atoms with Gasteiger partial charge in [0.05, 0.1) is 12.6 Å². The van der Waals surface area contributed by atoms with Crippen molar-refractivity contribution in [1.29, 1.82) is 0 Å². The van der Waals surface area contributed by atoms with Gasteiger partial charge in [0.2, 0.25) is 11.8 Å². The van der Waals surface area contributed by atoms with Crippen LogP contribution in [0.3, 0.4) is 0 Å². The lowest BCUT2D eigenvalue weighted by molar-refractivity contribution is -0.137. The van der Waals surface area contributed by atoms with E-state index in [1.807, 2.05) is 49.2 Å². The normalized spacial score (nSPS) is 15.3. The van der Waals surface area contributed by atoms with Gasteiger partial charge in [0.15, 0.2) is 0 Å². The minimum Gasteiger partial charge on any atom is -0.361 e. The van der Waals surface area contributed by atoms with E-state index >= 15 is 0 Å². The summed E-state index contributed by atoms with van der Waals surface area (Å²) in [7, 11) is 0. The van der Waals surface area contributed by atoms with Crippen LogP contribution in [0.25, 0.3) is 10.9 Å². The number of fused-ring (bicyclic) bond motifs is 1. The third kappa shape index (κ3) is 4.68. The maximum atomic E-state index is 13.2. The van der Waals surface area contributed by atoms with Crippen molar-refractivity contribution in [3.8, 4) is 0 Å². The highest BCUT2D eigenvalue weighted by atomic mass is 16.2. The van der Waals surface area contributed by atoms with Crippen LogP contribution in [0.4, 0.5) is 5.82 Å². The van der Waals surface area contributed by atoms with Gasteiger partial charge < -0.3 is 20.1 Å². The summed E-state index contributed by atoms with van der Waals surface area (Å²) in [6, 6.07) is 7.35. The number of piperazine rings is 1. The van der Waals surface area contributed by atoms with E-state index in [1.54, 1.807) is 18.6 Å². The first kappa shape index (κ1) is 20.8. The molecule has 31 heavy (non-hydrogen) atoms. The molecule has 1 fully saturated rings. The molecule has 1 atom stereocenters. The Kier molecular flexibility index (Phi) is 6.16. The number of benzene rings is 1. The molecule has 8 heteroatoms. The Balaban J connectivity index is 1.37. The number of anilines is 1. The Morgan fingerprint density at radius 2 is 1.90 bits per heavy atom. The fraction of sp³-hybridized carbons (Fsp3) is 0.391. The number of carbonyl (C=O) groups excluding carboxylic acids is 2. The average molecular weight is 421 g/mol. The highest BCUT2D eigenvalue weighted by Crippen LogP contribution is 2.19. The van der Waals surface area contributed by atoms with Crippen LogP contribution in [0.5, 0.6) is 0 Å². The minimum atomic E-state index is -0.541. The molecule has 0 aliphatic carbocycles. The van der Waals surface area contributed by atoms with Crippen LogP contribution in [-0.4, -0.2) is 63.9 Å². The molecule has 0 bridgehead atoms. The second-order valence-corrected chi connectivity index (χ2v) is 8.20. The predicted molar refractivity (Wildman–Crippen MR) is 120 cm³/mol. The summed E-state index contributed by atoms with van der Waals surface area (Å²) in [5.74, 6) is 0.649. The van der Waals surface area contributed by atoms with Crippen LogP contribution in [0.15, 0.2) is 49.1 Å². The molecule has 4 rings (SSSR count). The number of H-pyrrole nitrogens is 1. The van der Waals surface area contributed by atoms with Crippen LogP contribution >= 0.6 is 0 Å². The number of aromatic amines is 1. The third-order valence-corrected chi connectivity index (χ3v) is 5.74. The summed E-state index contributed by atoms with van der Waals surface area (Å²) in [5.41, 5.74) is 1.93. The molecule has 162 valence electrons. The first-order valence-corrected chi connectivity index (χ1v) is 10.7. The van der Waals surface area contributed by atoms with Crippen LogP contribution in [-0.2, 0) is 16.0 Å². The van der Waals surface area contributed by atoms with E-state index in [4.69, 9.17) is 0 Å². The first-order chi connectivity index (χ1) is 15.0. The maximum Gasteiger partial charge on any atom is 0.245 e. The molecule has 1 aromatic carbocycles. The highest BCUT2D eigenvalue weighted by Gasteiger charge is 2.31. The van der Waals surface area contributed by atoms with Gasteiger partial charge in [-0.15, -0.1) is 0 Å². The molecular formula is C23H28N6O2. The largest absolute Gasteiger partial charge is 0.361 e. The molecule has 1 unspecified atom stereocenters. The van der Waals surface area contributed by atoms with E-state index in [2.05, 4.69) is 25.2 Å². The number of para-hydroxylation sites is 1. The summed E-state index contributed by atoms with van der Waals surface area (Å²) in [5, 5.41) is 4.01. The lowest BCUT2D eigenvalue weighted by Crippen LogP contribution is -2.56. The van der Waals surface area contributed by atoms with E-state index in [1.165, 1.54) is 0 Å². The zero-order valence-electron chi connectivity index (χ0n) is 17.9. The van der Waals surface area contributed by atoms with Crippen molar-refractivity contribution in [2.45, 2.75) is 26.3 Å². The summed E-state index contributed by atoms with van der Waals surface area (Å²) < 4.78 is 0. The van der Waals surface area contributed by atoms with Gasteiger partial charge in [0, 0.05) is 55.7 Å². The Morgan fingerprint density at radius 1 is 1.13 bits per heavy atom. The molecule has 2 N–H and O–H groups in total. The lowest BCUT2D eigenvalue weighted by atomic mass is 10.0. The standard InChI is InChI=1S/C23H28N6O2/c1-16(2)22(27-21(30)13-17-14-26-19-6-4-3-5-18(17)19)23(31)29-11-9-28(10-12-29)20-15-24-7-8-25-20/h3-8,14-16,22,26H,9-13H2,1-2H3,(H,27,30). The molecule has 3 aromatic rings. The smallest absolute Gasteiger partial charge is 0.245 e. The molecule has 0 spiro atoms. The number of nitrogens with zero attached hydrogens (tertiary/aromatic N) is 4. The SMILES string of the molecule is CC(C)C(NC(=O)Cc1c[nH]c2ccccc12)C(=O)N1CCN(c2cnccn2)CC1. The molecule has 2 amide bonds. The zero-order valence-corrected chi connectivity index (χ0v) is 17.9. The van der Waals surface area contributed by atoms with Crippen LogP contribution < -0.4 is 10.2 Å². The van der Waals surface area contributed by atoms with Gasteiger partial charge in [0.1, 0.15) is 11.9 Å². The molecule has 1 aliphatic rings. The Morgan fingerprint density at radius 3 is 2.61 bits per heavy atom. The fourth-order valence-corrected chi connectivity index (χ4v) is 4.00. The molecule has 0 saturated carbocycles. The van der Waals surface area contributed by atoms with Crippen molar-refractivity contribution in [3.63, 3.8) is 0 Å². The van der Waals surface area contributed by atoms with E-state index in [0.717, 1.165) is 22.3 Å². The van der Waals surface area contributed by atoms with Crippen LogP contribution in [0.1, 0.15) is 19.4 Å². The Hall–Kier alpha value is -3.42. The number of rotatable bonds is 6. The molecule has 1 aliphatic heterocycles. The molecule has 0 radical (unpaired) electrons. The van der Waals surface area contributed by atoms with Gasteiger partial charge in [-0.1, -0.05) is 32.0 Å². The summed E-state index contributed by atoms with van der Waals surface area (Å²) in [6.45, 7) is 6.50. The number of carbonyl (C=O) groups is 2. The van der Waals surface area contributed by atoms with Gasteiger partial charge in [0.25, 0.3) is 0 Å². The number of hydrogen-bond donors (Lipinski definition) is 2. The van der Waals surface area contributed by atoms with E-state index < -0.39 is 6.04 Å². The minimum absolute atomic E-state index is 0.00237. The molecule has 2 aromatic heterocycles. The fourth-order valence-electron chi connectivity index (χ4n) is 4.00. The number of hydrogen-bond acceptors (Lipinski definition) is 5. The van der Waals surface area contributed by atoms with Gasteiger partial charge in [-0.2, -0.15) is 0 Å². The number of aromatic nitrogens is 3. The second kappa shape index (κ2) is 9.16. The highest BCUT2D eigenvalue weighted by molar-refractivity contribution is 5.92. The van der Waals surface area contributed by atoms with E-state index in [-0.39, 0.29) is 24.2 Å². The number of nitrogens with one attached hydrogen (secondary N) is 2. The Labute approximate surface area is 181 Å². The van der Waals surface area contributed by atoms with Crippen molar-refractivity contribution >= 4 is 28.5 Å². The molecule has 8 nitrogen and oxygen atoms in total. The summed E-state index contributed by atoms with van der Waals surface area (Å²) in [4.78, 5) is 41.6. The van der Waals surface area contributed by atoms with Gasteiger partial charge in [-0.25, -0.2) is 4.98 Å². The topological polar surface area (TPSA) is 94.2 Å². The summed E-state index contributed by atoms with van der Waals surface area (Å²) in [6.07, 6.45) is 7.16. The van der Waals surface area contributed by atoms with Crippen molar-refractivity contribution < 1.29 is 9.59 Å². The summed E-state index contributed by atoms with van der Waals surface area (Å²) >= 11 is 0. The lowest BCUT2D eigenvalue weighted by Gasteiger charge is -2.37. The maximum absolute atomic E-state index is 13.2. The quantitative estimate of drug-likeness (QED) is 0.636. The van der Waals surface area contributed by atoms with E-state index in [9.17, 15) is 9.59 Å². The average Bonchev–Trinajstić information content (AvgIpc) is 3.20. The zero-order chi connectivity index (χ0) is 21.8. The van der Waals surface area contributed by atoms with Gasteiger partial charge >= 0.3 is 0 Å². The Bertz CT molecular complexity index is 1040. The van der Waals surface area contributed by atoms with Crippen molar-refractivity contribution in [3.05, 3.63) is 54.6 Å². The predicted octanol–water partition coefficient (Wildman–Crippen LogP) is 1.99. The van der Waals surface area contributed by atoms with Crippen molar-refractivity contribution in [2.75, 3.05) is 31.1 Å². The van der Waals surface area contributed by atoms with Gasteiger partial charge in [-0.05, 0) is 17.5 Å². The molecule has 1 saturated heterocycles. The second-order valence-electron chi connectivity index (χ2n) is 8.20. The van der Waals surface area contributed by atoms with Crippen LogP contribution in [0.2, 0.25) is 0 Å². The monoisotopic (exact) mass is 420 g/mol. The number of amides is 2. The molecule has 3 heterocycles. The molecular weight excluding hydrogens is 392 g/mol. The van der Waals surface area contributed by atoms with Crippen molar-refractivity contribution in [2.24, 2.45) is 5.92 Å². The van der Waals surface area contributed by atoms with Crippen LogP contribution in [0, 0.1) is 5.92 Å². The van der Waals surface area contributed by atoms with E-state index in [0.29, 0.717) is 26.2 Å². The van der Waals surface area contributed by atoms with Crippen molar-refractivity contribution in [1.82, 2.24) is 25.2 Å². The van der Waals surface area contributed by atoms with Gasteiger partial charge in [-0.3, -0.25) is 14.6 Å².